The molecule has 154 valence electrons. The summed E-state index contributed by atoms with van der Waals surface area (Å²) in [6.45, 7) is 1.30. The Bertz CT molecular complexity index is 852. The van der Waals surface area contributed by atoms with Crippen LogP contribution < -0.4 is 10.1 Å². The molecule has 2 N–H and O–H groups in total. The SMILES string of the molecule is O=C(Oc1c(C(=O)NCCCO)cc(I)cc1C1OCCCO1)c1ccccc1. The van der Waals surface area contributed by atoms with Crippen molar-refractivity contribution in [3.8, 4) is 5.75 Å². The van der Waals surface area contributed by atoms with Gasteiger partial charge in [0.25, 0.3) is 5.91 Å². The van der Waals surface area contributed by atoms with Crippen LogP contribution in [0, 0.1) is 3.57 Å². The van der Waals surface area contributed by atoms with Crippen LogP contribution in [0.5, 0.6) is 5.75 Å². The summed E-state index contributed by atoms with van der Waals surface area (Å²) in [5.41, 5.74) is 1.08. The molecule has 0 radical (unpaired) electrons. The Morgan fingerprint density at radius 1 is 1.17 bits per heavy atom. The van der Waals surface area contributed by atoms with Gasteiger partial charge in [0, 0.05) is 16.7 Å². The summed E-state index contributed by atoms with van der Waals surface area (Å²) >= 11 is 2.10. The van der Waals surface area contributed by atoms with Crippen LogP contribution in [-0.2, 0) is 9.47 Å². The number of carbonyl (C=O) groups is 2. The molecule has 8 heteroatoms. The molecule has 0 aliphatic carbocycles. The van der Waals surface area contributed by atoms with Gasteiger partial charge in [0.15, 0.2) is 12.0 Å². The topological polar surface area (TPSA) is 94.1 Å². The van der Waals surface area contributed by atoms with Crippen LogP contribution in [0.2, 0.25) is 0 Å². The second-order valence-corrected chi connectivity index (χ2v) is 7.63. The maximum Gasteiger partial charge on any atom is 0.343 e. The fraction of sp³-hybridized carbons (Fsp3) is 0.333. The zero-order valence-electron chi connectivity index (χ0n) is 15.7. The molecule has 2 aromatic rings. The van der Waals surface area contributed by atoms with Gasteiger partial charge in [-0.1, -0.05) is 18.2 Å². The van der Waals surface area contributed by atoms with Crippen molar-refractivity contribution in [3.05, 3.63) is 62.7 Å². The average Bonchev–Trinajstić information content (AvgIpc) is 2.76. The number of rotatable bonds is 7. The molecule has 1 heterocycles. The van der Waals surface area contributed by atoms with E-state index in [0.29, 0.717) is 37.3 Å². The monoisotopic (exact) mass is 511 g/mol. The molecule has 1 amide bonds. The second kappa shape index (κ2) is 10.7. The Morgan fingerprint density at radius 2 is 1.90 bits per heavy atom. The normalized spacial score (nSPS) is 14.4. The lowest BCUT2D eigenvalue weighted by Crippen LogP contribution is -2.27. The first kappa shape index (κ1) is 21.7. The first-order chi connectivity index (χ1) is 14.1. The number of aliphatic hydroxyl groups is 1. The van der Waals surface area contributed by atoms with Crippen molar-refractivity contribution >= 4 is 34.5 Å². The Morgan fingerprint density at radius 3 is 2.59 bits per heavy atom. The zero-order chi connectivity index (χ0) is 20.6. The summed E-state index contributed by atoms with van der Waals surface area (Å²) in [5, 5.41) is 11.7. The maximum absolute atomic E-state index is 12.8. The van der Waals surface area contributed by atoms with Gasteiger partial charge in [0.1, 0.15) is 0 Å². The van der Waals surface area contributed by atoms with Crippen molar-refractivity contribution in [1.29, 1.82) is 0 Å². The quantitative estimate of drug-likeness (QED) is 0.257. The van der Waals surface area contributed by atoms with Crippen molar-refractivity contribution in [3.63, 3.8) is 0 Å². The molecule has 2 aromatic carbocycles. The summed E-state index contributed by atoms with van der Waals surface area (Å²) in [5.74, 6) is -0.856. The Hall–Kier alpha value is -2.01. The number of nitrogens with one attached hydrogen (secondary N) is 1. The molecular weight excluding hydrogens is 489 g/mol. The molecule has 3 rings (SSSR count). The third-order valence-electron chi connectivity index (χ3n) is 4.23. The van der Waals surface area contributed by atoms with Crippen molar-refractivity contribution in [1.82, 2.24) is 5.32 Å². The minimum absolute atomic E-state index is 0.0303. The Labute approximate surface area is 182 Å². The summed E-state index contributed by atoms with van der Waals surface area (Å²) in [6.07, 6.45) is 0.478. The number of amides is 1. The minimum Gasteiger partial charge on any atom is -0.422 e. The molecule has 1 fully saturated rings. The summed E-state index contributed by atoms with van der Waals surface area (Å²) in [4.78, 5) is 25.5. The van der Waals surface area contributed by atoms with Gasteiger partial charge in [-0.3, -0.25) is 4.79 Å². The summed E-state index contributed by atoms with van der Waals surface area (Å²) < 4.78 is 17.9. The highest BCUT2D eigenvalue weighted by Gasteiger charge is 2.28. The third kappa shape index (κ3) is 5.75. The van der Waals surface area contributed by atoms with Crippen LogP contribution in [-0.4, -0.2) is 43.3 Å². The molecule has 0 atom stereocenters. The number of carbonyl (C=O) groups excluding carboxylic acids is 2. The number of aliphatic hydroxyl groups excluding tert-OH is 1. The van der Waals surface area contributed by atoms with Crippen molar-refractivity contribution in [2.24, 2.45) is 0 Å². The van der Waals surface area contributed by atoms with E-state index in [1.165, 1.54) is 0 Å². The number of hydrogen-bond donors (Lipinski definition) is 2. The largest absolute Gasteiger partial charge is 0.422 e. The molecule has 1 aliphatic rings. The Kier molecular flexibility index (Phi) is 7.99. The lowest BCUT2D eigenvalue weighted by molar-refractivity contribution is -0.183. The summed E-state index contributed by atoms with van der Waals surface area (Å²) in [7, 11) is 0. The summed E-state index contributed by atoms with van der Waals surface area (Å²) in [6, 6.07) is 12.0. The lowest BCUT2D eigenvalue weighted by Gasteiger charge is -2.26. The van der Waals surface area contributed by atoms with Gasteiger partial charge >= 0.3 is 5.97 Å². The molecule has 0 bridgehead atoms. The highest BCUT2D eigenvalue weighted by atomic mass is 127. The molecule has 1 saturated heterocycles. The molecule has 1 aliphatic heterocycles. The van der Waals surface area contributed by atoms with E-state index in [0.717, 1.165) is 9.99 Å². The predicted octanol–water partition coefficient (Wildman–Crippen LogP) is 3.06. The molecule has 29 heavy (non-hydrogen) atoms. The average molecular weight is 511 g/mol. The van der Waals surface area contributed by atoms with Crippen molar-refractivity contribution < 1.29 is 28.9 Å². The number of esters is 1. The van der Waals surface area contributed by atoms with Crippen LogP contribution in [0.3, 0.4) is 0 Å². The second-order valence-electron chi connectivity index (χ2n) is 6.39. The maximum atomic E-state index is 12.8. The smallest absolute Gasteiger partial charge is 0.343 e. The zero-order valence-corrected chi connectivity index (χ0v) is 17.9. The predicted molar refractivity (Wildman–Crippen MR) is 114 cm³/mol. The van der Waals surface area contributed by atoms with E-state index in [9.17, 15) is 9.59 Å². The van der Waals surface area contributed by atoms with E-state index in [1.54, 1.807) is 42.5 Å². The van der Waals surface area contributed by atoms with Crippen LogP contribution in [0.4, 0.5) is 0 Å². The van der Waals surface area contributed by atoms with Gasteiger partial charge in [0.05, 0.1) is 29.9 Å². The first-order valence-electron chi connectivity index (χ1n) is 9.33. The van der Waals surface area contributed by atoms with Gasteiger partial charge in [0.2, 0.25) is 0 Å². The Balaban J connectivity index is 1.98. The fourth-order valence-electron chi connectivity index (χ4n) is 2.84. The van der Waals surface area contributed by atoms with Crippen LogP contribution in [0.25, 0.3) is 0 Å². The van der Waals surface area contributed by atoms with Gasteiger partial charge < -0.3 is 24.6 Å². The van der Waals surface area contributed by atoms with E-state index < -0.39 is 18.2 Å². The fourth-order valence-corrected chi connectivity index (χ4v) is 3.49. The van der Waals surface area contributed by atoms with Gasteiger partial charge in [-0.25, -0.2) is 4.79 Å². The van der Waals surface area contributed by atoms with Crippen molar-refractivity contribution in [2.75, 3.05) is 26.4 Å². The van der Waals surface area contributed by atoms with Crippen LogP contribution >= 0.6 is 22.6 Å². The number of ether oxygens (including phenoxy) is 3. The molecule has 0 saturated carbocycles. The minimum atomic E-state index is -0.721. The van der Waals surface area contributed by atoms with Gasteiger partial charge in [-0.15, -0.1) is 0 Å². The highest BCUT2D eigenvalue weighted by molar-refractivity contribution is 14.1. The molecule has 0 unspecified atom stereocenters. The number of benzene rings is 2. The van der Waals surface area contributed by atoms with E-state index in [1.807, 2.05) is 0 Å². The van der Waals surface area contributed by atoms with Crippen LogP contribution in [0.15, 0.2) is 42.5 Å². The molecule has 7 nitrogen and oxygen atoms in total. The van der Waals surface area contributed by atoms with Crippen LogP contribution in [0.1, 0.15) is 45.4 Å². The number of hydrogen-bond acceptors (Lipinski definition) is 6. The standard InChI is InChI=1S/C21H22INO6/c22-15-12-16(19(25)23-8-4-9-24)18(17(13-15)21-27-10-5-11-28-21)29-20(26)14-6-2-1-3-7-14/h1-3,6-7,12-13,21,24H,4-5,8-11H2,(H,23,25). The molecular formula is C21H22INO6. The first-order valence-corrected chi connectivity index (χ1v) is 10.4. The number of halogens is 1. The van der Waals surface area contributed by atoms with E-state index in [-0.39, 0.29) is 17.9 Å². The van der Waals surface area contributed by atoms with E-state index >= 15 is 0 Å². The van der Waals surface area contributed by atoms with Gasteiger partial charge in [-0.05, 0) is 59.7 Å². The van der Waals surface area contributed by atoms with Crippen molar-refractivity contribution in [2.45, 2.75) is 19.1 Å². The molecule has 0 spiro atoms. The lowest BCUT2D eigenvalue weighted by atomic mass is 10.1. The van der Waals surface area contributed by atoms with Gasteiger partial charge in [-0.2, -0.15) is 0 Å². The van der Waals surface area contributed by atoms with E-state index in [4.69, 9.17) is 19.3 Å². The third-order valence-corrected chi connectivity index (χ3v) is 4.86. The van der Waals surface area contributed by atoms with E-state index in [2.05, 4.69) is 27.9 Å². The molecule has 0 aromatic heterocycles. The highest BCUT2D eigenvalue weighted by Crippen LogP contribution is 2.36.